The minimum Gasteiger partial charge on any atom is -0.399 e. The van der Waals surface area contributed by atoms with Gasteiger partial charge in [0.25, 0.3) is 0 Å². The van der Waals surface area contributed by atoms with E-state index in [4.69, 9.17) is 22.2 Å². The zero-order valence-electron chi connectivity index (χ0n) is 24.2. The maximum Gasteiger partial charge on any atom is 0.203 e. The Labute approximate surface area is 239 Å². The number of anilines is 3. The number of fused-ring (bicyclic) bond motifs is 1. The van der Waals surface area contributed by atoms with E-state index in [1.165, 1.54) is 11.1 Å². The van der Waals surface area contributed by atoms with Crippen LogP contribution in [0.3, 0.4) is 0 Å². The van der Waals surface area contributed by atoms with Gasteiger partial charge < -0.3 is 37.3 Å². The number of hydrogen-bond donors (Lipinski definition) is 5. The highest BCUT2D eigenvalue weighted by molar-refractivity contribution is 5.86. The largest absolute Gasteiger partial charge is 0.399 e. The summed E-state index contributed by atoms with van der Waals surface area (Å²) in [6, 6.07) is 8.69. The minimum absolute atomic E-state index is 0.339. The molecular weight excluding hydrogens is 496 g/mol. The molecule has 1 fully saturated rings. The summed E-state index contributed by atoms with van der Waals surface area (Å²) < 4.78 is 2.23. The van der Waals surface area contributed by atoms with Gasteiger partial charge in [0, 0.05) is 38.4 Å². The van der Waals surface area contributed by atoms with Gasteiger partial charge in [-0.1, -0.05) is 44.7 Å². The third-order valence-corrected chi connectivity index (χ3v) is 7.72. The second-order valence-corrected chi connectivity index (χ2v) is 10.7. The molecule has 0 radical (unpaired) electrons. The average Bonchev–Trinajstić information content (AvgIpc) is 3.31. The van der Waals surface area contributed by atoms with Crippen molar-refractivity contribution < 1.29 is 0 Å². The van der Waals surface area contributed by atoms with E-state index >= 15 is 0 Å². The lowest BCUT2D eigenvalue weighted by Gasteiger charge is -2.30. The standard InChI is InChI=1S/C32H46N8/c1-5-9-25-20-26(22(3)33)21-29-31(25)40(32(36-4)38-29)14-8-7-13-37-30-24(18-23(6-2)19-28(30)35)10-15-39-16-11-27(34)12-17-39/h6-8,18-21,27,37H,2-3,5,9-17,33-35H2,1,4H3,(H,36,38)/b8-7+. The van der Waals surface area contributed by atoms with Gasteiger partial charge in [-0.15, -0.1) is 0 Å². The van der Waals surface area contributed by atoms with Crippen LogP contribution in [-0.4, -0.2) is 53.7 Å². The number of aromatic nitrogens is 2. The molecule has 214 valence electrons. The highest BCUT2D eigenvalue weighted by Crippen LogP contribution is 2.29. The van der Waals surface area contributed by atoms with Crippen molar-refractivity contribution in [2.45, 2.75) is 51.6 Å². The monoisotopic (exact) mass is 542 g/mol. The normalized spacial score (nSPS) is 14.7. The first-order valence-electron chi connectivity index (χ1n) is 14.4. The second-order valence-electron chi connectivity index (χ2n) is 10.7. The first-order chi connectivity index (χ1) is 19.3. The van der Waals surface area contributed by atoms with E-state index in [1.807, 2.05) is 25.3 Å². The van der Waals surface area contributed by atoms with Crippen molar-refractivity contribution in [3.8, 4) is 0 Å². The first-order valence-corrected chi connectivity index (χ1v) is 14.4. The van der Waals surface area contributed by atoms with Gasteiger partial charge >= 0.3 is 0 Å². The molecule has 8 nitrogen and oxygen atoms in total. The second kappa shape index (κ2) is 13.5. The number of nitrogens with two attached hydrogens (primary N) is 3. The van der Waals surface area contributed by atoms with Crippen molar-refractivity contribution in [2.75, 3.05) is 49.6 Å². The zero-order chi connectivity index (χ0) is 28.6. The number of hydrogen-bond acceptors (Lipinski definition) is 7. The Morgan fingerprint density at radius 1 is 1.12 bits per heavy atom. The number of likely N-dealkylation sites (tertiary alicyclic amines) is 1. The lowest BCUT2D eigenvalue weighted by molar-refractivity contribution is 0.215. The van der Waals surface area contributed by atoms with Crippen LogP contribution in [-0.2, 0) is 19.4 Å². The third-order valence-electron chi connectivity index (χ3n) is 7.72. The Hall–Kier alpha value is -3.75. The Bertz CT molecular complexity index is 1360. The molecule has 8 heteroatoms. The molecule has 1 saturated heterocycles. The summed E-state index contributed by atoms with van der Waals surface area (Å²) in [5.41, 5.74) is 27.4. The summed E-state index contributed by atoms with van der Waals surface area (Å²) >= 11 is 0. The molecule has 0 bridgehead atoms. The fourth-order valence-corrected chi connectivity index (χ4v) is 5.53. The molecule has 0 unspecified atom stereocenters. The summed E-state index contributed by atoms with van der Waals surface area (Å²) in [7, 11) is 1.90. The van der Waals surface area contributed by atoms with Gasteiger partial charge in [0.2, 0.25) is 5.95 Å². The van der Waals surface area contributed by atoms with Crippen LogP contribution in [0.2, 0.25) is 0 Å². The van der Waals surface area contributed by atoms with Gasteiger partial charge in [0.1, 0.15) is 0 Å². The van der Waals surface area contributed by atoms with Gasteiger partial charge in [0.15, 0.2) is 0 Å². The van der Waals surface area contributed by atoms with Crippen molar-refractivity contribution in [2.24, 2.45) is 11.5 Å². The zero-order valence-corrected chi connectivity index (χ0v) is 24.2. The van der Waals surface area contributed by atoms with E-state index in [-0.39, 0.29) is 0 Å². The molecule has 0 saturated carbocycles. The lowest BCUT2D eigenvalue weighted by Crippen LogP contribution is -2.40. The SMILES string of the molecule is C=Cc1cc(N)c(NC/C=C/Cn2c(NC)nc3cc(C(=C)N)cc(CCC)c32)c(CCN2CCC(N)CC2)c1. The maximum atomic E-state index is 6.49. The number of rotatable bonds is 13. The Morgan fingerprint density at radius 2 is 1.90 bits per heavy atom. The predicted octanol–water partition coefficient (Wildman–Crippen LogP) is 4.82. The third kappa shape index (κ3) is 6.87. The Balaban J connectivity index is 1.48. The van der Waals surface area contributed by atoms with E-state index in [0.29, 0.717) is 24.8 Å². The molecular formula is C32H46N8. The topological polar surface area (TPSA) is 123 Å². The van der Waals surface area contributed by atoms with Crippen LogP contribution in [0.25, 0.3) is 22.8 Å². The smallest absolute Gasteiger partial charge is 0.203 e. The quantitative estimate of drug-likeness (QED) is 0.155. The molecule has 1 aliphatic heterocycles. The van der Waals surface area contributed by atoms with Crippen molar-refractivity contribution in [3.05, 3.63) is 71.8 Å². The van der Waals surface area contributed by atoms with Gasteiger partial charge in [-0.25, -0.2) is 4.98 Å². The van der Waals surface area contributed by atoms with Crippen LogP contribution >= 0.6 is 0 Å². The van der Waals surface area contributed by atoms with Crippen LogP contribution in [0, 0.1) is 0 Å². The number of nitrogen functional groups attached to an aromatic ring is 1. The number of nitrogens with one attached hydrogen (secondary N) is 2. The van der Waals surface area contributed by atoms with E-state index in [0.717, 1.165) is 91.2 Å². The van der Waals surface area contributed by atoms with Gasteiger partial charge in [0.05, 0.1) is 22.4 Å². The van der Waals surface area contributed by atoms with Crippen LogP contribution < -0.4 is 27.8 Å². The number of imidazole rings is 1. The van der Waals surface area contributed by atoms with Crippen molar-refractivity contribution in [1.29, 1.82) is 0 Å². The molecule has 3 aromatic rings. The summed E-state index contributed by atoms with van der Waals surface area (Å²) in [5.74, 6) is 0.829. The molecule has 40 heavy (non-hydrogen) atoms. The molecule has 8 N–H and O–H groups in total. The van der Waals surface area contributed by atoms with Crippen molar-refractivity contribution in [3.63, 3.8) is 0 Å². The van der Waals surface area contributed by atoms with Crippen molar-refractivity contribution in [1.82, 2.24) is 14.5 Å². The fraction of sp³-hybridized carbons (Fsp3) is 0.406. The number of nitrogens with zero attached hydrogens (tertiary/aromatic N) is 3. The van der Waals surface area contributed by atoms with Gasteiger partial charge in [-0.3, -0.25) is 0 Å². The molecule has 2 aromatic carbocycles. The molecule has 0 spiro atoms. The van der Waals surface area contributed by atoms with Gasteiger partial charge in [-0.05, 0) is 85.3 Å². The summed E-state index contributed by atoms with van der Waals surface area (Å²) in [5, 5.41) is 6.83. The highest BCUT2D eigenvalue weighted by atomic mass is 15.2. The van der Waals surface area contributed by atoms with Crippen LogP contribution in [0.1, 0.15) is 48.4 Å². The number of aryl methyl sites for hydroxylation is 1. The van der Waals surface area contributed by atoms with Crippen LogP contribution in [0.5, 0.6) is 0 Å². The minimum atomic E-state index is 0.339. The molecule has 1 aliphatic rings. The molecule has 0 atom stereocenters. The number of allylic oxidation sites excluding steroid dienone is 1. The van der Waals surface area contributed by atoms with E-state index < -0.39 is 0 Å². The number of piperidine rings is 1. The average molecular weight is 543 g/mol. The van der Waals surface area contributed by atoms with Crippen LogP contribution in [0.4, 0.5) is 17.3 Å². The van der Waals surface area contributed by atoms with E-state index in [1.54, 1.807) is 0 Å². The maximum absolute atomic E-state index is 6.49. The summed E-state index contributed by atoms with van der Waals surface area (Å²) in [6.45, 7) is 14.5. The van der Waals surface area contributed by atoms with E-state index in [2.05, 4.69) is 64.5 Å². The molecule has 2 heterocycles. The lowest BCUT2D eigenvalue weighted by atomic mass is 10.0. The molecule has 1 aromatic heterocycles. The Morgan fingerprint density at radius 3 is 2.58 bits per heavy atom. The van der Waals surface area contributed by atoms with Crippen LogP contribution in [0.15, 0.2) is 49.6 Å². The summed E-state index contributed by atoms with van der Waals surface area (Å²) in [4.78, 5) is 7.33. The molecule has 0 aliphatic carbocycles. The van der Waals surface area contributed by atoms with Crippen molar-refractivity contribution >= 4 is 40.1 Å². The number of benzene rings is 2. The molecule has 0 amide bonds. The molecule has 4 rings (SSSR count). The first kappa shape index (κ1) is 29.2. The van der Waals surface area contributed by atoms with E-state index in [9.17, 15) is 0 Å². The highest BCUT2D eigenvalue weighted by Gasteiger charge is 2.17. The van der Waals surface area contributed by atoms with Gasteiger partial charge in [-0.2, -0.15) is 0 Å². The summed E-state index contributed by atoms with van der Waals surface area (Å²) in [6.07, 6.45) is 11.2. The Kier molecular flexibility index (Phi) is 9.90. The predicted molar refractivity (Wildman–Crippen MR) is 172 cm³/mol. The fourth-order valence-electron chi connectivity index (χ4n) is 5.53.